The maximum absolute atomic E-state index is 12.7. The highest BCUT2D eigenvalue weighted by Crippen LogP contribution is 2.29. The fourth-order valence-electron chi connectivity index (χ4n) is 3.22. The number of halogens is 1. The molecule has 0 unspecified atom stereocenters. The van der Waals surface area contributed by atoms with Crippen molar-refractivity contribution >= 4 is 54.0 Å². The number of hydrogen-bond donors (Lipinski definition) is 1. The van der Waals surface area contributed by atoms with E-state index in [1.54, 1.807) is 23.5 Å². The van der Waals surface area contributed by atoms with Crippen molar-refractivity contribution in [3.05, 3.63) is 102 Å². The lowest BCUT2D eigenvalue weighted by Crippen LogP contribution is -3.61. The molecule has 2 heterocycles. The molecule has 5 rings (SSSR count). The number of carbonyl (C=O) groups is 1. The molecule has 1 N–H and O–H groups in total. The standard InChI is InChI=1S/C21H17IN2O3S2.C7H8O3S/c1-2-26-13-27-16-8-9-17-18(12-16)29-21(23-17)24-20(25)14-5-3-6-15(11-14)22-19-7-4-10-28-19;1-6-2-4-7(5-3-6)11(8,9)10/h3-12H,2,13H2,1H3;2-5H,1H3,(H,8,9,10). The van der Waals surface area contributed by atoms with Crippen LogP contribution < -0.4 is 31.3 Å². The number of anilines is 1. The SMILES string of the molecule is CCOCOc1ccc2nc(NC(=O)c3cccc([I+]c4cccs4)c3)sc2c1.Cc1ccc(S(=O)(=O)[O-])cc1. The number of thiazole rings is 1. The van der Waals surface area contributed by atoms with Crippen molar-refractivity contribution in [3.63, 3.8) is 0 Å². The molecular weight excluding hydrogens is 683 g/mol. The number of ether oxygens (including phenoxy) is 2. The van der Waals surface area contributed by atoms with Gasteiger partial charge >= 0.3 is 21.2 Å². The summed E-state index contributed by atoms with van der Waals surface area (Å²) in [6.07, 6.45) is 0. The van der Waals surface area contributed by atoms with Crippen LogP contribution >= 0.6 is 22.7 Å². The summed E-state index contributed by atoms with van der Waals surface area (Å²) in [4.78, 5) is 17.0. The van der Waals surface area contributed by atoms with Crippen LogP contribution in [0, 0.1) is 13.4 Å². The number of fused-ring (bicyclic) bond motifs is 1. The number of carbonyl (C=O) groups excluding carboxylic acids is 1. The van der Waals surface area contributed by atoms with E-state index in [2.05, 4.69) is 33.9 Å². The van der Waals surface area contributed by atoms with Gasteiger partial charge in [0.1, 0.15) is 15.9 Å². The van der Waals surface area contributed by atoms with Crippen molar-refractivity contribution in [1.29, 1.82) is 0 Å². The maximum atomic E-state index is 12.7. The predicted molar refractivity (Wildman–Crippen MR) is 152 cm³/mol. The van der Waals surface area contributed by atoms with Gasteiger partial charge in [-0.2, -0.15) is 0 Å². The van der Waals surface area contributed by atoms with Crippen molar-refractivity contribution in [3.8, 4) is 5.75 Å². The molecule has 208 valence electrons. The highest BCUT2D eigenvalue weighted by Gasteiger charge is 2.19. The Morgan fingerprint density at radius 2 is 1.85 bits per heavy atom. The molecule has 2 aromatic heterocycles. The molecule has 1 amide bonds. The van der Waals surface area contributed by atoms with Gasteiger partial charge in [-0.15, -0.1) is 0 Å². The molecule has 0 saturated carbocycles. The van der Waals surface area contributed by atoms with Gasteiger partial charge in [-0.3, -0.25) is 10.1 Å². The van der Waals surface area contributed by atoms with Crippen molar-refractivity contribution in [2.45, 2.75) is 18.7 Å². The van der Waals surface area contributed by atoms with E-state index in [0.29, 0.717) is 17.3 Å². The van der Waals surface area contributed by atoms with Gasteiger partial charge in [0, 0.05) is 24.3 Å². The Kier molecular flexibility index (Phi) is 10.6. The number of hydrogen-bond acceptors (Lipinski definition) is 9. The topological polar surface area (TPSA) is 118 Å². The van der Waals surface area contributed by atoms with Gasteiger partial charge in [0.15, 0.2) is 15.5 Å². The summed E-state index contributed by atoms with van der Waals surface area (Å²) in [6.45, 7) is 4.57. The van der Waals surface area contributed by atoms with Gasteiger partial charge in [0.05, 0.1) is 15.1 Å². The summed E-state index contributed by atoms with van der Waals surface area (Å²) in [5, 5.41) is 5.59. The Balaban J connectivity index is 0.000000283. The zero-order chi connectivity index (χ0) is 28.5. The van der Waals surface area contributed by atoms with Crippen LogP contribution in [0.4, 0.5) is 5.13 Å². The number of thiophene rings is 1. The summed E-state index contributed by atoms with van der Waals surface area (Å²) >= 11 is 2.93. The minimum absolute atomic E-state index is 0.145. The molecule has 0 atom stereocenters. The minimum Gasteiger partial charge on any atom is -0.744 e. The highest BCUT2D eigenvalue weighted by molar-refractivity contribution is 7.85. The zero-order valence-electron chi connectivity index (χ0n) is 21.5. The van der Waals surface area contributed by atoms with E-state index in [0.717, 1.165) is 21.5 Å². The van der Waals surface area contributed by atoms with Crippen LogP contribution in [0.2, 0.25) is 0 Å². The molecule has 40 heavy (non-hydrogen) atoms. The first kappa shape index (κ1) is 30.1. The quantitative estimate of drug-likeness (QED) is 0.108. The van der Waals surface area contributed by atoms with Gasteiger partial charge < -0.3 is 14.0 Å². The van der Waals surface area contributed by atoms with Crippen LogP contribution in [0.5, 0.6) is 5.75 Å². The Hall–Kier alpha value is -2.88. The number of amides is 1. The predicted octanol–water partition coefficient (Wildman–Crippen LogP) is 3.01. The molecule has 5 aromatic rings. The van der Waals surface area contributed by atoms with Gasteiger partial charge in [-0.05, 0) is 67.8 Å². The van der Waals surface area contributed by atoms with E-state index >= 15 is 0 Å². The normalized spacial score (nSPS) is 11.1. The van der Waals surface area contributed by atoms with Crippen LogP contribution in [0.1, 0.15) is 22.8 Å². The van der Waals surface area contributed by atoms with Crippen molar-refractivity contribution < 1.29 is 48.4 Å². The van der Waals surface area contributed by atoms with Crippen LogP contribution in [0.3, 0.4) is 0 Å². The van der Waals surface area contributed by atoms with E-state index in [-0.39, 0.29) is 38.8 Å². The molecule has 0 aliphatic carbocycles. The molecule has 0 aliphatic rings. The van der Waals surface area contributed by atoms with Crippen molar-refractivity contribution in [2.24, 2.45) is 0 Å². The van der Waals surface area contributed by atoms with Crippen LogP contribution in [0.15, 0.2) is 89.1 Å². The molecule has 0 spiro atoms. The number of nitrogens with zero attached hydrogens (tertiary/aromatic N) is 1. The second-order valence-corrected chi connectivity index (χ2v) is 15.2. The monoisotopic (exact) mass is 708 g/mol. The van der Waals surface area contributed by atoms with E-state index in [9.17, 15) is 17.8 Å². The number of aryl methyl sites for hydroxylation is 1. The Morgan fingerprint density at radius 1 is 1.05 bits per heavy atom. The van der Waals surface area contributed by atoms with Crippen LogP contribution in [-0.4, -0.2) is 37.3 Å². The van der Waals surface area contributed by atoms with Crippen molar-refractivity contribution in [2.75, 3.05) is 18.7 Å². The van der Waals surface area contributed by atoms with E-state index in [1.165, 1.54) is 29.9 Å². The van der Waals surface area contributed by atoms with E-state index in [1.807, 2.05) is 50.2 Å². The molecule has 0 bridgehead atoms. The van der Waals surface area contributed by atoms with Gasteiger partial charge in [-0.25, -0.2) is 13.4 Å². The third kappa shape index (κ3) is 8.81. The number of rotatable bonds is 9. The lowest BCUT2D eigenvalue weighted by Gasteiger charge is -2.05. The molecule has 0 radical (unpaired) electrons. The Bertz CT molecular complexity index is 1670. The van der Waals surface area contributed by atoms with Gasteiger partial charge in [-0.1, -0.05) is 46.4 Å². The highest BCUT2D eigenvalue weighted by atomic mass is 127. The summed E-state index contributed by atoms with van der Waals surface area (Å²) < 4.78 is 45.5. The fraction of sp³-hybridized carbons (Fsp3) is 0.143. The smallest absolute Gasteiger partial charge is 0.369 e. The summed E-state index contributed by atoms with van der Waals surface area (Å²) in [7, 11) is -4.27. The minimum atomic E-state index is -4.27. The summed E-state index contributed by atoms with van der Waals surface area (Å²) in [5.41, 5.74) is 2.41. The first-order valence-electron chi connectivity index (χ1n) is 11.9. The average molecular weight is 709 g/mol. The number of aromatic nitrogens is 1. The second kappa shape index (κ2) is 14.1. The fourth-order valence-corrected chi connectivity index (χ4v) is 8.37. The van der Waals surface area contributed by atoms with Gasteiger partial charge in [0.25, 0.3) is 5.91 Å². The average Bonchev–Trinajstić information content (AvgIpc) is 3.58. The van der Waals surface area contributed by atoms with Crippen LogP contribution in [0.25, 0.3) is 10.2 Å². The lowest BCUT2D eigenvalue weighted by atomic mass is 10.2. The molecule has 3 aromatic carbocycles. The van der Waals surface area contributed by atoms with Crippen molar-refractivity contribution in [1.82, 2.24) is 4.98 Å². The molecule has 0 fully saturated rings. The Labute approximate surface area is 251 Å². The molecule has 12 heteroatoms. The summed E-state index contributed by atoms with van der Waals surface area (Å²) in [5.74, 6) is 0.576. The first-order valence-corrected chi connectivity index (χ1v) is 17.2. The lowest BCUT2D eigenvalue weighted by molar-refractivity contribution is -0.591. The van der Waals surface area contributed by atoms with Crippen LogP contribution in [-0.2, 0) is 14.9 Å². The number of nitrogens with one attached hydrogen (secondary N) is 1. The molecule has 8 nitrogen and oxygen atoms in total. The first-order chi connectivity index (χ1) is 19.2. The summed E-state index contributed by atoms with van der Waals surface area (Å²) in [6, 6.07) is 23.5. The molecular formula is C28H25IN2O6S3. The second-order valence-electron chi connectivity index (χ2n) is 8.15. The molecule has 0 aliphatic heterocycles. The Morgan fingerprint density at radius 3 is 2.55 bits per heavy atom. The zero-order valence-corrected chi connectivity index (χ0v) is 26.1. The van der Waals surface area contributed by atoms with Gasteiger partial charge in [0.2, 0.25) is 2.88 Å². The third-order valence-electron chi connectivity index (χ3n) is 5.18. The largest absolute Gasteiger partial charge is 0.744 e. The van der Waals surface area contributed by atoms with E-state index in [4.69, 9.17) is 9.47 Å². The van der Waals surface area contributed by atoms with E-state index < -0.39 is 10.1 Å². The third-order valence-corrected chi connectivity index (χ3v) is 11.1. The molecule has 0 saturated heterocycles. The maximum Gasteiger partial charge on any atom is 0.369 e. The number of benzene rings is 3.